The van der Waals surface area contributed by atoms with Crippen LogP contribution in [0.15, 0.2) is 0 Å². The van der Waals surface area contributed by atoms with Gasteiger partial charge in [-0.2, -0.15) is 0 Å². The van der Waals surface area contributed by atoms with E-state index in [1.165, 1.54) is 0 Å². The second-order valence-electron chi connectivity index (χ2n) is 2.83. The average Bonchev–Trinajstić information content (AvgIpc) is 1.98. The van der Waals surface area contributed by atoms with Crippen LogP contribution in [0.25, 0.3) is 0 Å². The van der Waals surface area contributed by atoms with Gasteiger partial charge in [-0.05, 0) is 5.92 Å². The summed E-state index contributed by atoms with van der Waals surface area (Å²) < 4.78 is 0. The molecule has 0 bridgehead atoms. The Morgan fingerprint density at radius 1 is 1.46 bits per heavy atom. The van der Waals surface area contributed by atoms with Crippen molar-refractivity contribution in [1.82, 2.24) is 5.32 Å². The van der Waals surface area contributed by atoms with Crippen LogP contribution in [0.3, 0.4) is 0 Å². The maximum Gasteiger partial charge on any atom is 0.326 e. The van der Waals surface area contributed by atoms with Crippen molar-refractivity contribution in [3.8, 4) is 0 Å². The highest BCUT2D eigenvalue weighted by Crippen LogP contribution is 2.00. The topological polar surface area (TPSA) is 92.4 Å². The van der Waals surface area contributed by atoms with Gasteiger partial charge in [-0.15, -0.1) is 12.4 Å². The van der Waals surface area contributed by atoms with E-state index in [9.17, 15) is 9.59 Å². The summed E-state index contributed by atoms with van der Waals surface area (Å²) in [5, 5.41) is 10.9. The van der Waals surface area contributed by atoms with Gasteiger partial charge >= 0.3 is 5.97 Å². The Kier molecular flexibility index (Phi) is 7.55. The average molecular weight is 211 g/mol. The molecule has 0 aromatic rings. The van der Waals surface area contributed by atoms with Crippen molar-refractivity contribution in [2.24, 2.45) is 11.7 Å². The van der Waals surface area contributed by atoms with Crippen LogP contribution in [0, 0.1) is 5.92 Å². The monoisotopic (exact) mass is 210 g/mol. The fourth-order valence-electron chi connectivity index (χ4n) is 0.746. The predicted molar refractivity (Wildman–Crippen MR) is 50.7 cm³/mol. The molecule has 0 aliphatic rings. The molecule has 0 fully saturated rings. The summed E-state index contributed by atoms with van der Waals surface area (Å²) in [6.07, 6.45) is 0. The van der Waals surface area contributed by atoms with Gasteiger partial charge in [0.25, 0.3) is 0 Å². The van der Waals surface area contributed by atoms with E-state index < -0.39 is 17.9 Å². The number of amides is 1. The molecule has 1 atom stereocenters. The molecule has 13 heavy (non-hydrogen) atoms. The molecule has 0 aromatic carbocycles. The Labute approximate surface area is 83.1 Å². The van der Waals surface area contributed by atoms with Gasteiger partial charge < -0.3 is 16.2 Å². The molecule has 0 saturated carbocycles. The van der Waals surface area contributed by atoms with E-state index in [2.05, 4.69) is 5.32 Å². The van der Waals surface area contributed by atoms with E-state index in [1.807, 2.05) is 0 Å². The Morgan fingerprint density at radius 3 is 2.15 bits per heavy atom. The highest BCUT2D eigenvalue weighted by molar-refractivity contribution is 5.85. The number of carbonyl (C=O) groups is 2. The van der Waals surface area contributed by atoms with Crippen LogP contribution in [0.4, 0.5) is 0 Å². The number of carbonyl (C=O) groups excluding carboxylic acids is 1. The molecule has 0 heterocycles. The van der Waals surface area contributed by atoms with E-state index in [4.69, 9.17) is 10.8 Å². The lowest BCUT2D eigenvalue weighted by Gasteiger charge is -2.16. The first-order chi connectivity index (χ1) is 5.49. The van der Waals surface area contributed by atoms with Crippen LogP contribution in [-0.2, 0) is 9.59 Å². The maximum atomic E-state index is 10.7. The number of rotatable bonds is 4. The van der Waals surface area contributed by atoms with E-state index in [1.54, 1.807) is 13.8 Å². The van der Waals surface area contributed by atoms with Gasteiger partial charge in [0.05, 0.1) is 6.54 Å². The first-order valence-corrected chi connectivity index (χ1v) is 3.71. The molecule has 1 amide bonds. The fourth-order valence-corrected chi connectivity index (χ4v) is 0.746. The minimum atomic E-state index is -1.04. The number of nitrogens with two attached hydrogens (primary N) is 1. The molecule has 0 saturated heterocycles. The minimum absolute atomic E-state index is 0. The van der Waals surface area contributed by atoms with Crippen molar-refractivity contribution in [1.29, 1.82) is 0 Å². The quantitative estimate of drug-likeness (QED) is 0.588. The van der Waals surface area contributed by atoms with Crippen LogP contribution in [-0.4, -0.2) is 29.6 Å². The van der Waals surface area contributed by atoms with Gasteiger partial charge in [0.1, 0.15) is 6.04 Å². The van der Waals surface area contributed by atoms with Crippen LogP contribution < -0.4 is 11.1 Å². The largest absolute Gasteiger partial charge is 0.480 e. The molecular weight excluding hydrogens is 196 g/mol. The molecule has 4 N–H and O–H groups in total. The molecule has 0 radical (unpaired) electrons. The Bertz CT molecular complexity index is 185. The van der Waals surface area contributed by atoms with E-state index in [0.29, 0.717) is 0 Å². The number of halogens is 1. The SMILES string of the molecule is CC(C)[C@H](NC(=O)CN)C(=O)O.Cl. The number of hydrogen-bond acceptors (Lipinski definition) is 3. The summed E-state index contributed by atoms with van der Waals surface area (Å²) in [7, 11) is 0. The molecule has 0 aliphatic heterocycles. The molecule has 0 spiro atoms. The van der Waals surface area contributed by atoms with Crippen molar-refractivity contribution >= 4 is 24.3 Å². The third-order valence-corrected chi connectivity index (χ3v) is 1.43. The van der Waals surface area contributed by atoms with Crippen LogP contribution >= 0.6 is 12.4 Å². The van der Waals surface area contributed by atoms with Crippen molar-refractivity contribution in [2.75, 3.05) is 6.54 Å². The van der Waals surface area contributed by atoms with Crippen molar-refractivity contribution in [3.63, 3.8) is 0 Å². The van der Waals surface area contributed by atoms with Gasteiger partial charge in [0.2, 0.25) is 5.91 Å². The number of aliphatic carboxylic acids is 1. The van der Waals surface area contributed by atoms with Gasteiger partial charge in [-0.25, -0.2) is 4.79 Å². The zero-order valence-electron chi connectivity index (χ0n) is 7.61. The Balaban J connectivity index is 0. The smallest absolute Gasteiger partial charge is 0.326 e. The minimum Gasteiger partial charge on any atom is -0.480 e. The van der Waals surface area contributed by atoms with Crippen molar-refractivity contribution in [2.45, 2.75) is 19.9 Å². The number of carboxylic acid groups (broad SMARTS) is 1. The third kappa shape index (κ3) is 5.43. The molecule has 0 aliphatic carbocycles. The normalized spacial score (nSPS) is 11.7. The summed E-state index contributed by atoms with van der Waals surface area (Å²) in [5.41, 5.74) is 5.02. The van der Waals surface area contributed by atoms with Gasteiger partial charge in [-0.1, -0.05) is 13.8 Å². The molecule has 0 unspecified atom stereocenters. The second-order valence-corrected chi connectivity index (χ2v) is 2.83. The Hall–Kier alpha value is -0.810. The number of hydrogen-bond donors (Lipinski definition) is 3. The molecule has 5 nitrogen and oxygen atoms in total. The van der Waals surface area contributed by atoms with E-state index >= 15 is 0 Å². The summed E-state index contributed by atoms with van der Waals surface area (Å²) in [6, 6.07) is -0.846. The zero-order chi connectivity index (χ0) is 9.72. The van der Waals surface area contributed by atoms with Gasteiger partial charge in [-0.3, -0.25) is 4.79 Å². The zero-order valence-corrected chi connectivity index (χ0v) is 8.43. The molecule has 0 rings (SSSR count). The second kappa shape index (κ2) is 6.68. The lowest BCUT2D eigenvalue weighted by Crippen LogP contribution is -2.46. The van der Waals surface area contributed by atoms with Crippen molar-refractivity contribution < 1.29 is 14.7 Å². The van der Waals surface area contributed by atoms with Gasteiger partial charge in [0.15, 0.2) is 0 Å². The van der Waals surface area contributed by atoms with Crippen molar-refractivity contribution in [3.05, 3.63) is 0 Å². The molecule has 6 heteroatoms. The highest BCUT2D eigenvalue weighted by atomic mass is 35.5. The Morgan fingerprint density at radius 2 is 1.92 bits per heavy atom. The van der Waals surface area contributed by atoms with Crippen LogP contribution in [0.2, 0.25) is 0 Å². The number of nitrogens with one attached hydrogen (secondary N) is 1. The summed E-state index contributed by atoms with van der Waals surface area (Å²) in [4.78, 5) is 21.3. The highest BCUT2D eigenvalue weighted by Gasteiger charge is 2.22. The third-order valence-electron chi connectivity index (χ3n) is 1.43. The summed E-state index contributed by atoms with van der Waals surface area (Å²) in [6.45, 7) is 3.25. The summed E-state index contributed by atoms with van der Waals surface area (Å²) >= 11 is 0. The molecular formula is C7H15ClN2O3. The standard InChI is InChI=1S/C7H14N2O3.ClH/c1-4(2)6(7(11)12)9-5(10)3-8;/h4,6H,3,8H2,1-2H3,(H,9,10)(H,11,12);1H/t6-;/m0./s1. The van der Waals surface area contributed by atoms with E-state index in [-0.39, 0.29) is 24.9 Å². The summed E-state index contributed by atoms with van der Waals surface area (Å²) in [5.74, 6) is -1.62. The lowest BCUT2D eigenvalue weighted by molar-refractivity contribution is -0.142. The van der Waals surface area contributed by atoms with Crippen LogP contribution in [0.5, 0.6) is 0 Å². The lowest BCUT2D eigenvalue weighted by atomic mass is 10.1. The molecule has 78 valence electrons. The first-order valence-electron chi connectivity index (χ1n) is 3.71. The fraction of sp³-hybridized carbons (Fsp3) is 0.714. The van der Waals surface area contributed by atoms with Crippen LogP contribution in [0.1, 0.15) is 13.8 Å². The predicted octanol–water partition coefficient (Wildman–Crippen LogP) is -0.408. The van der Waals surface area contributed by atoms with E-state index in [0.717, 1.165) is 0 Å². The van der Waals surface area contributed by atoms with Gasteiger partial charge in [0, 0.05) is 0 Å². The first kappa shape index (κ1) is 14.7. The number of carboxylic acids is 1. The molecule has 0 aromatic heterocycles. The maximum absolute atomic E-state index is 10.7.